The molecule has 0 radical (unpaired) electrons. The van der Waals surface area contributed by atoms with Crippen molar-refractivity contribution in [1.29, 1.82) is 0 Å². The van der Waals surface area contributed by atoms with E-state index in [-0.39, 0.29) is 5.91 Å². The minimum atomic E-state index is -0.102. The second-order valence-corrected chi connectivity index (χ2v) is 6.96. The van der Waals surface area contributed by atoms with E-state index >= 15 is 0 Å². The van der Waals surface area contributed by atoms with Crippen LogP contribution in [0.5, 0.6) is 0 Å². The molecule has 2 heterocycles. The van der Waals surface area contributed by atoms with E-state index in [1.165, 1.54) is 16.2 Å². The summed E-state index contributed by atoms with van der Waals surface area (Å²) in [6, 6.07) is 11.9. The van der Waals surface area contributed by atoms with E-state index in [0.29, 0.717) is 17.1 Å². The molecule has 0 aliphatic rings. The van der Waals surface area contributed by atoms with Crippen LogP contribution < -0.4 is 11.1 Å². The Morgan fingerprint density at radius 3 is 2.70 bits per heavy atom. The lowest BCUT2D eigenvalue weighted by Crippen LogP contribution is -2.22. The highest BCUT2D eigenvalue weighted by Crippen LogP contribution is 2.33. The molecular weight excluding hydrogens is 288 g/mol. The highest BCUT2D eigenvalue weighted by atomic mass is 32.1. The molecule has 0 fully saturated rings. The normalized spacial score (nSPS) is 10.8. The molecule has 0 aliphatic heterocycles. The first-order valence-electron chi connectivity index (χ1n) is 6.25. The molecule has 0 saturated carbocycles. The first-order valence-corrected chi connectivity index (χ1v) is 7.89. The van der Waals surface area contributed by atoms with E-state index in [2.05, 4.69) is 18.3 Å². The predicted octanol–water partition coefficient (Wildman–Crippen LogP) is 3.78. The minimum Gasteiger partial charge on any atom is -0.397 e. The number of benzene rings is 1. The second kappa shape index (κ2) is 5.26. The van der Waals surface area contributed by atoms with E-state index in [9.17, 15) is 4.79 Å². The maximum absolute atomic E-state index is 12.2. The number of hydrogen-bond donors (Lipinski definition) is 2. The van der Waals surface area contributed by atoms with Gasteiger partial charge in [-0.15, -0.1) is 22.7 Å². The number of anilines is 1. The number of carbonyl (C=O) groups excluding carboxylic acids is 1. The van der Waals surface area contributed by atoms with Gasteiger partial charge < -0.3 is 11.1 Å². The lowest BCUT2D eigenvalue weighted by Gasteiger charge is -2.02. The van der Waals surface area contributed by atoms with E-state index in [0.717, 1.165) is 15.0 Å². The molecule has 1 aromatic carbocycles. The Hall–Kier alpha value is -1.85. The van der Waals surface area contributed by atoms with Gasteiger partial charge in [-0.05, 0) is 25.1 Å². The summed E-state index contributed by atoms with van der Waals surface area (Å²) in [6.07, 6.45) is 0. The van der Waals surface area contributed by atoms with E-state index in [1.54, 1.807) is 11.3 Å². The summed E-state index contributed by atoms with van der Waals surface area (Å²) in [4.78, 5) is 15.2. The van der Waals surface area contributed by atoms with Crippen molar-refractivity contribution in [1.82, 2.24) is 5.32 Å². The number of thiophene rings is 2. The molecule has 20 heavy (non-hydrogen) atoms. The van der Waals surface area contributed by atoms with E-state index < -0.39 is 0 Å². The van der Waals surface area contributed by atoms with Gasteiger partial charge in [-0.3, -0.25) is 4.79 Å². The highest BCUT2D eigenvalue weighted by Gasteiger charge is 2.15. The Labute approximate surface area is 125 Å². The fraction of sp³-hybridized carbons (Fsp3) is 0.133. The summed E-state index contributed by atoms with van der Waals surface area (Å²) in [7, 11) is 0. The summed E-state index contributed by atoms with van der Waals surface area (Å²) < 4.78 is 1.04. The number of amides is 1. The molecule has 3 nitrogen and oxygen atoms in total. The molecule has 5 heteroatoms. The zero-order valence-corrected chi connectivity index (χ0v) is 12.6. The van der Waals surface area contributed by atoms with Gasteiger partial charge in [-0.2, -0.15) is 0 Å². The molecule has 0 unspecified atom stereocenters. The fourth-order valence-electron chi connectivity index (χ4n) is 2.06. The molecule has 102 valence electrons. The topological polar surface area (TPSA) is 55.1 Å². The van der Waals surface area contributed by atoms with Crippen molar-refractivity contribution in [3.05, 3.63) is 51.0 Å². The van der Waals surface area contributed by atoms with Crippen molar-refractivity contribution in [3.63, 3.8) is 0 Å². The Kier molecular flexibility index (Phi) is 3.46. The number of aryl methyl sites for hydroxylation is 1. The van der Waals surface area contributed by atoms with Crippen molar-refractivity contribution in [3.8, 4) is 0 Å². The largest absolute Gasteiger partial charge is 0.397 e. The van der Waals surface area contributed by atoms with Crippen LogP contribution in [0.1, 0.15) is 19.4 Å². The SMILES string of the molecule is Cc1ccc(CNC(=O)c2sc3ccccc3c2N)s1. The van der Waals surface area contributed by atoms with E-state index in [4.69, 9.17) is 5.73 Å². The molecule has 2 aromatic heterocycles. The van der Waals surface area contributed by atoms with Crippen LogP contribution in [0.4, 0.5) is 5.69 Å². The lowest BCUT2D eigenvalue weighted by atomic mass is 10.2. The Balaban J connectivity index is 1.80. The van der Waals surface area contributed by atoms with Gasteiger partial charge in [0, 0.05) is 19.8 Å². The number of carbonyl (C=O) groups is 1. The average molecular weight is 302 g/mol. The number of nitrogens with two attached hydrogens (primary N) is 1. The molecule has 0 bridgehead atoms. The van der Waals surface area contributed by atoms with Crippen LogP contribution in [0.25, 0.3) is 10.1 Å². The quantitative estimate of drug-likeness (QED) is 0.773. The van der Waals surface area contributed by atoms with Crippen molar-refractivity contribution >= 4 is 44.4 Å². The zero-order valence-electron chi connectivity index (χ0n) is 11.0. The molecule has 0 spiro atoms. The summed E-state index contributed by atoms with van der Waals surface area (Å²) in [5.41, 5.74) is 6.64. The van der Waals surface area contributed by atoms with Crippen LogP contribution in [0.15, 0.2) is 36.4 Å². The first kappa shape index (κ1) is 13.1. The van der Waals surface area contributed by atoms with Gasteiger partial charge in [0.1, 0.15) is 4.88 Å². The Morgan fingerprint density at radius 2 is 2.00 bits per heavy atom. The highest BCUT2D eigenvalue weighted by molar-refractivity contribution is 7.21. The van der Waals surface area contributed by atoms with Gasteiger partial charge in [-0.25, -0.2) is 0 Å². The monoisotopic (exact) mass is 302 g/mol. The van der Waals surface area contributed by atoms with Crippen molar-refractivity contribution < 1.29 is 4.79 Å². The third kappa shape index (κ3) is 2.42. The third-order valence-electron chi connectivity index (χ3n) is 3.06. The second-order valence-electron chi connectivity index (χ2n) is 4.54. The number of nitrogen functional groups attached to an aromatic ring is 1. The Morgan fingerprint density at radius 1 is 1.20 bits per heavy atom. The van der Waals surface area contributed by atoms with Crippen LogP contribution in [0, 0.1) is 6.92 Å². The zero-order chi connectivity index (χ0) is 14.1. The molecule has 3 rings (SSSR count). The molecule has 1 amide bonds. The van der Waals surface area contributed by atoms with Crippen molar-refractivity contribution in [2.45, 2.75) is 13.5 Å². The van der Waals surface area contributed by atoms with Gasteiger partial charge in [-0.1, -0.05) is 18.2 Å². The van der Waals surface area contributed by atoms with Gasteiger partial charge >= 0.3 is 0 Å². The summed E-state index contributed by atoms with van der Waals surface area (Å²) in [5, 5.41) is 3.89. The maximum atomic E-state index is 12.2. The van der Waals surface area contributed by atoms with Gasteiger partial charge in [0.2, 0.25) is 0 Å². The van der Waals surface area contributed by atoms with Gasteiger partial charge in [0.15, 0.2) is 0 Å². The number of fused-ring (bicyclic) bond motifs is 1. The summed E-state index contributed by atoms with van der Waals surface area (Å²) in [6.45, 7) is 2.60. The molecule has 3 aromatic rings. The van der Waals surface area contributed by atoms with Crippen LogP contribution in [-0.2, 0) is 6.54 Å². The van der Waals surface area contributed by atoms with Crippen molar-refractivity contribution in [2.24, 2.45) is 0 Å². The molecular formula is C15H14N2OS2. The standard InChI is InChI=1S/C15H14N2OS2/c1-9-6-7-10(19-9)8-17-15(18)14-13(16)11-4-2-3-5-12(11)20-14/h2-7H,8,16H2,1H3,(H,17,18). The molecule has 0 saturated heterocycles. The minimum absolute atomic E-state index is 0.102. The maximum Gasteiger partial charge on any atom is 0.263 e. The van der Waals surface area contributed by atoms with Gasteiger partial charge in [0.05, 0.1) is 12.2 Å². The number of nitrogens with one attached hydrogen (secondary N) is 1. The smallest absolute Gasteiger partial charge is 0.263 e. The van der Waals surface area contributed by atoms with Crippen LogP contribution in [-0.4, -0.2) is 5.91 Å². The molecule has 0 aliphatic carbocycles. The van der Waals surface area contributed by atoms with Crippen LogP contribution >= 0.6 is 22.7 Å². The van der Waals surface area contributed by atoms with Crippen LogP contribution in [0.2, 0.25) is 0 Å². The predicted molar refractivity (Wildman–Crippen MR) is 86.5 cm³/mol. The lowest BCUT2D eigenvalue weighted by molar-refractivity contribution is 0.0956. The number of rotatable bonds is 3. The Bertz CT molecular complexity index is 773. The molecule has 0 atom stereocenters. The summed E-state index contributed by atoms with van der Waals surface area (Å²) in [5.74, 6) is -0.102. The first-order chi connectivity index (χ1) is 9.65. The third-order valence-corrected chi connectivity index (χ3v) is 5.25. The average Bonchev–Trinajstić information content (AvgIpc) is 3.01. The fourth-order valence-corrected chi connectivity index (χ4v) is 3.93. The summed E-state index contributed by atoms with van der Waals surface area (Å²) >= 11 is 3.13. The molecule has 3 N–H and O–H groups in total. The van der Waals surface area contributed by atoms with E-state index in [1.807, 2.05) is 30.3 Å². The van der Waals surface area contributed by atoms with Crippen molar-refractivity contribution in [2.75, 3.05) is 5.73 Å². The van der Waals surface area contributed by atoms with Gasteiger partial charge in [0.25, 0.3) is 5.91 Å². The number of hydrogen-bond acceptors (Lipinski definition) is 4. The van der Waals surface area contributed by atoms with Crippen LogP contribution in [0.3, 0.4) is 0 Å².